The smallest absolute Gasteiger partial charge is 0.497 e. The summed E-state index contributed by atoms with van der Waals surface area (Å²) in [5.41, 5.74) is 2.42. The monoisotopic (exact) mass is 400 g/mol. The summed E-state index contributed by atoms with van der Waals surface area (Å²) >= 11 is 0. The van der Waals surface area contributed by atoms with E-state index in [4.69, 9.17) is 19.4 Å². The molecule has 0 bridgehead atoms. The fourth-order valence-corrected chi connectivity index (χ4v) is 2.55. The van der Waals surface area contributed by atoms with Crippen molar-refractivity contribution in [3.05, 3.63) is 59.7 Å². The fraction of sp³-hybridized carbons (Fsp3) is 0.300. The third-order valence-electron chi connectivity index (χ3n) is 4.28. The van der Waals surface area contributed by atoms with Crippen LogP contribution in [0.25, 0.3) is 0 Å². The van der Waals surface area contributed by atoms with Gasteiger partial charge in [-0.3, -0.25) is 9.59 Å². The molecule has 2 aromatic rings. The zero-order valence-electron chi connectivity index (χ0n) is 16.6. The summed E-state index contributed by atoms with van der Waals surface area (Å²) < 4.78 is 10.0. The van der Waals surface area contributed by atoms with E-state index in [2.05, 4.69) is 10.6 Å². The van der Waals surface area contributed by atoms with Crippen LogP contribution in [0.4, 0.5) is 5.69 Å². The predicted octanol–water partition coefficient (Wildman–Crippen LogP) is 1.25. The number of ether oxygens (including phenoxy) is 1. The second-order valence-corrected chi connectivity index (χ2v) is 6.59. The normalized spacial score (nSPS) is 12.6. The van der Waals surface area contributed by atoms with Crippen molar-refractivity contribution in [1.82, 2.24) is 5.32 Å². The van der Waals surface area contributed by atoms with Gasteiger partial charge in [0.15, 0.2) is 0 Å². The van der Waals surface area contributed by atoms with E-state index in [1.807, 2.05) is 31.2 Å². The van der Waals surface area contributed by atoms with Crippen LogP contribution in [0, 0.1) is 12.8 Å². The van der Waals surface area contributed by atoms with Crippen LogP contribution >= 0.6 is 0 Å². The number of nitrogens with one attached hydrogen (secondary N) is 2. The second kappa shape index (κ2) is 10.6. The lowest BCUT2D eigenvalue weighted by molar-refractivity contribution is -0.133. The summed E-state index contributed by atoms with van der Waals surface area (Å²) in [5.74, 6) is -1.50. The molecule has 2 unspecified atom stereocenters. The molecule has 0 aliphatic rings. The van der Waals surface area contributed by atoms with Gasteiger partial charge < -0.3 is 30.1 Å². The van der Waals surface area contributed by atoms with Crippen molar-refractivity contribution in [2.75, 3.05) is 12.4 Å². The standard InChI is InChI=1S/C20H25BN2O6/c1-13-4-6-15(7-5-13)12-18(29-21(26)27)23-20(25)14(2)19(24)22-16-8-10-17(28-3)11-9-16/h4-11,14,18,26-27H,12H2,1-3H3,(H,22,24)(H,23,25). The maximum atomic E-state index is 12.5. The van der Waals surface area contributed by atoms with E-state index in [-0.39, 0.29) is 6.42 Å². The number of hydrogen-bond donors (Lipinski definition) is 4. The molecular formula is C20H25BN2O6. The molecule has 0 saturated carbocycles. The predicted molar refractivity (Wildman–Crippen MR) is 109 cm³/mol. The summed E-state index contributed by atoms with van der Waals surface area (Å²) in [6.07, 6.45) is -0.808. The quantitative estimate of drug-likeness (QED) is 0.286. The SMILES string of the molecule is COc1ccc(NC(=O)C(C)C(=O)NC(Cc2ccc(C)cc2)OB(O)O)cc1. The van der Waals surface area contributed by atoms with Gasteiger partial charge in [0.2, 0.25) is 11.8 Å². The second-order valence-electron chi connectivity index (χ2n) is 6.59. The van der Waals surface area contributed by atoms with Crippen molar-refractivity contribution in [2.45, 2.75) is 26.5 Å². The molecule has 0 saturated heterocycles. The highest BCUT2D eigenvalue weighted by atomic mass is 16.6. The van der Waals surface area contributed by atoms with Crippen LogP contribution in [0.5, 0.6) is 5.75 Å². The lowest BCUT2D eigenvalue weighted by Crippen LogP contribution is -2.46. The number of hydrogen-bond acceptors (Lipinski definition) is 6. The Morgan fingerprint density at radius 3 is 2.21 bits per heavy atom. The first kappa shape index (κ1) is 22.4. The number of rotatable bonds is 9. The van der Waals surface area contributed by atoms with Gasteiger partial charge >= 0.3 is 7.32 Å². The lowest BCUT2D eigenvalue weighted by atomic mass is 10.1. The molecule has 0 aromatic heterocycles. The Kier molecular flexibility index (Phi) is 8.20. The van der Waals surface area contributed by atoms with Crippen LogP contribution in [-0.2, 0) is 20.7 Å². The van der Waals surface area contributed by atoms with Crippen LogP contribution in [-0.4, -0.2) is 42.5 Å². The zero-order chi connectivity index (χ0) is 21.4. The Morgan fingerprint density at radius 1 is 1.03 bits per heavy atom. The average Bonchev–Trinajstić information content (AvgIpc) is 2.69. The highest BCUT2D eigenvalue weighted by Crippen LogP contribution is 2.16. The van der Waals surface area contributed by atoms with Gasteiger partial charge in [0.25, 0.3) is 0 Å². The summed E-state index contributed by atoms with van der Waals surface area (Å²) in [7, 11) is -0.521. The van der Waals surface area contributed by atoms with Crippen LogP contribution in [0.15, 0.2) is 48.5 Å². The summed E-state index contributed by atoms with van der Waals surface area (Å²) in [6.45, 7) is 3.40. The Morgan fingerprint density at radius 2 is 1.66 bits per heavy atom. The zero-order valence-corrected chi connectivity index (χ0v) is 16.6. The highest BCUT2D eigenvalue weighted by molar-refractivity contribution is 6.32. The van der Waals surface area contributed by atoms with Gasteiger partial charge in [0.1, 0.15) is 17.9 Å². The summed E-state index contributed by atoms with van der Waals surface area (Å²) in [6, 6.07) is 14.2. The molecule has 0 spiro atoms. The van der Waals surface area contributed by atoms with Crippen LogP contribution in [0.2, 0.25) is 0 Å². The van der Waals surface area contributed by atoms with Crippen molar-refractivity contribution in [2.24, 2.45) is 5.92 Å². The molecule has 0 heterocycles. The van der Waals surface area contributed by atoms with E-state index in [0.29, 0.717) is 11.4 Å². The largest absolute Gasteiger partial charge is 0.635 e. The van der Waals surface area contributed by atoms with Crippen LogP contribution in [0.3, 0.4) is 0 Å². The van der Waals surface area contributed by atoms with E-state index in [1.54, 1.807) is 31.4 Å². The Bertz CT molecular complexity index is 811. The third kappa shape index (κ3) is 7.22. The molecule has 0 aliphatic carbocycles. The minimum Gasteiger partial charge on any atom is -0.497 e. The first-order chi connectivity index (χ1) is 13.8. The van der Waals surface area contributed by atoms with E-state index in [0.717, 1.165) is 11.1 Å². The highest BCUT2D eigenvalue weighted by Gasteiger charge is 2.26. The van der Waals surface area contributed by atoms with Crippen LogP contribution in [0.1, 0.15) is 18.1 Å². The first-order valence-corrected chi connectivity index (χ1v) is 9.11. The van der Waals surface area contributed by atoms with Crippen molar-refractivity contribution in [1.29, 1.82) is 0 Å². The van der Waals surface area contributed by atoms with Crippen molar-refractivity contribution >= 4 is 24.8 Å². The van der Waals surface area contributed by atoms with E-state index >= 15 is 0 Å². The number of methoxy groups -OCH3 is 1. The number of carbonyl (C=O) groups is 2. The number of amides is 2. The Labute approximate surface area is 170 Å². The maximum absolute atomic E-state index is 12.5. The van der Waals surface area contributed by atoms with E-state index < -0.39 is 31.3 Å². The number of carbonyl (C=O) groups excluding carboxylic acids is 2. The molecule has 2 amide bonds. The first-order valence-electron chi connectivity index (χ1n) is 9.11. The van der Waals surface area contributed by atoms with Gasteiger partial charge in [-0.05, 0) is 43.7 Å². The maximum Gasteiger partial charge on any atom is 0.635 e. The lowest BCUT2D eigenvalue weighted by Gasteiger charge is -2.21. The molecule has 8 nitrogen and oxygen atoms in total. The molecule has 0 radical (unpaired) electrons. The molecule has 2 rings (SSSR count). The molecule has 29 heavy (non-hydrogen) atoms. The van der Waals surface area contributed by atoms with Gasteiger partial charge in [-0.15, -0.1) is 0 Å². The van der Waals surface area contributed by atoms with Crippen molar-refractivity contribution in [3.8, 4) is 5.75 Å². The number of aryl methyl sites for hydroxylation is 1. The number of benzene rings is 2. The molecular weight excluding hydrogens is 375 g/mol. The Hall–Kier alpha value is -2.88. The molecule has 0 aliphatic heterocycles. The van der Waals surface area contributed by atoms with Gasteiger partial charge in [-0.1, -0.05) is 29.8 Å². The topological polar surface area (TPSA) is 117 Å². The minimum atomic E-state index is -2.06. The third-order valence-corrected chi connectivity index (χ3v) is 4.28. The molecule has 0 fully saturated rings. The van der Waals surface area contributed by atoms with E-state index in [9.17, 15) is 9.59 Å². The van der Waals surface area contributed by atoms with Crippen LogP contribution < -0.4 is 15.4 Å². The van der Waals surface area contributed by atoms with Crippen molar-refractivity contribution in [3.63, 3.8) is 0 Å². The van der Waals surface area contributed by atoms with E-state index in [1.165, 1.54) is 6.92 Å². The van der Waals surface area contributed by atoms with Gasteiger partial charge in [-0.2, -0.15) is 0 Å². The number of anilines is 1. The summed E-state index contributed by atoms with van der Waals surface area (Å²) in [5, 5.41) is 23.5. The fourth-order valence-electron chi connectivity index (χ4n) is 2.55. The Balaban J connectivity index is 1.98. The minimum absolute atomic E-state index is 0.205. The molecule has 2 aromatic carbocycles. The summed E-state index contributed by atoms with van der Waals surface area (Å²) in [4.78, 5) is 24.8. The molecule has 9 heteroatoms. The van der Waals surface area contributed by atoms with Gasteiger partial charge in [0.05, 0.1) is 7.11 Å². The average molecular weight is 400 g/mol. The molecule has 154 valence electrons. The van der Waals surface area contributed by atoms with Gasteiger partial charge in [0, 0.05) is 12.1 Å². The molecule has 4 N–H and O–H groups in total. The van der Waals surface area contributed by atoms with Crippen molar-refractivity contribution < 1.29 is 29.0 Å². The molecule has 2 atom stereocenters. The van der Waals surface area contributed by atoms with Gasteiger partial charge in [-0.25, -0.2) is 0 Å².